The quantitative estimate of drug-likeness (QED) is 0.374. The molecular formula is C13H18N4O5. The number of nitrogens with one attached hydrogen (secondary N) is 2. The summed E-state index contributed by atoms with van der Waals surface area (Å²) in [7, 11) is 0. The first kappa shape index (κ1) is 17.6. The van der Waals surface area contributed by atoms with E-state index in [1.807, 2.05) is 0 Å². The first-order chi connectivity index (χ1) is 10.3. The molecule has 0 spiro atoms. The summed E-state index contributed by atoms with van der Waals surface area (Å²) in [5.41, 5.74) is 5.16. The highest BCUT2D eigenvalue weighted by Crippen LogP contribution is 2.20. The van der Waals surface area contributed by atoms with Crippen LogP contribution in [0.1, 0.15) is 19.8 Å². The van der Waals surface area contributed by atoms with E-state index < -0.39 is 42.0 Å². The van der Waals surface area contributed by atoms with Gasteiger partial charge in [-0.1, -0.05) is 6.08 Å². The van der Waals surface area contributed by atoms with E-state index in [0.717, 1.165) is 0 Å². The van der Waals surface area contributed by atoms with Gasteiger partial charge >= 0.3 is 0 Å². The second-order valence-electron chi connectivity index (χ2n) is 4.97. The third kappa shape index (κ3) is 4.54. The minimum atomic E-state index is -1.24. The maximum atomic E-state index is 12.1. The third-order valence-electron chi connectivity index (χ3n) is 3.18. The van der Waals surface area contributed by atoms with Gasteiger partial charge in [-0.15, -0.1) is 0 Å². The molecule has 22 heavy (non-hydrogen) atoms. The van der Waals surface area contributed by atoms with Crippen LogP contribution in [0.15, 0.2) is 11.6 Å². The Kier molecular flexibility index (Phi) is 6.03. The molecular weight excluding hydrogens is 292 g/mol. The molecule has 0 radical (unpaired) electrons. The zero-order valence-corrected chi connectivity index (χ0v) is 11.9. The Morgan fingerprint density at radius 2 is 2.14 bits per heavy atom. The van der Waals surface area contributed by atoms with Crippen molar-refractivity contribution in [1.29, 1.82) is 5.26 Å². The van der Waals surface area contributed by atoms with Crippen LogP contribution in [0, 0.1) is 11.3 Å². The number of primary amides is 1. The predicted molar refractivity (Wildman–Crippen MR) is 73.7 cm³/mol. The van der Waals surface area contributed by atoms with E-state index in [1.165, 1.54) is 13.0 Å². The lowest BCUT2D eigenvalue weighted by Gasteiger charge is -2.31. The number of hydrogen-bond donors (Lipinski definition) is 5. The van der Waals surface area contributed by atoms with Gasteiger partial charge < -0.3 is 26.6 Å². The summed E-state index contributed by atoms with van der Waals surface area (Å²) in [5, 5.41) is 32.8. The Balaban J connectivity index is 2.88. The van der Waals surface area contributed by atoms with Crippen LogP contribution in [0.3, 0.4) is 0 Å². The van der Waals surface area contributed by atoms with Crippen LogP contribution in [0.2, 0.25) is 0 Å². The number of carbonyl (C=O) groups is 3. The molecule has 9 nitrogen and oxygen atoms in total. The van der Waals surface area contributed by atoms with Crippen LogP contribution in [0.5, 0.6) is 0 Å². The maximum Gasteiger partial charge on any atom is 0.247 e. The van der Waals surface area contributed by atoms with Gasteiger partial charge in [0, 0.05) is 18.9 Å². The molecule has 3 amide bonds. The first-order valence-electron chi connectivity index (χ1n) is 6.57. The smallest absolute Gasteiger partial charge is 0.247 e. The molecule has 0 aromatic heterocycles. The fourth-order valence-electron chi connectivity index (χ4n) is 2.06. The van der Waals surface area contributed by atoms with Crippen molar-refractivity contribution in [2.75, 3.05) is 0 Å². The molecule has 0 aliphatic heterocycles. The van der Waals surface area contributed by atoms with Crippen molar-refractivity contribution in [3.05, 3.63) is 11.6 Å². The highest BCUT2D eigenvalue weighted by molar-refractivity contribution is 5.97. The van der Waals surface area contributed by atoms with Gasteiger partial charge in [0.1, 0.15) is 12.1 Å². The van der Waals surface area contributed by atoms with E-state index in [1.54, 1.807) is 6.07 Å². The summed E-state index contributed by atoms with van der Waals surface area (Å²) in [5.74, 6) is -1.99. The number of nitriles is 1. The Morgan fingerprint density at radius 3 is 2.64 bits per heavy atom. The first-order valence-corrected chi connectivity index (χ1v) is 6.57. The van der Waals surface area contributed by atoms with E-state index in [2.05, 4.69) is 10.6 Å². The highest BCUT2D eigenvalue weighted by Gasteiger charge is 2.34. The molecule has 1 rings (SSSR count). The van der Waals surface area contributed by atoms with Gasteiger partial charge in [-0.25, -0.2) is 0 Å². The molecule has 1 aliphatic carbocycles. The molecule has 4 atom stereocenters. The van der Waals surface area contributed by atoms with Crippen molar-refractivity contribution in [3.8, 4) is 6.07 Å². The summed E-state index contributed by atoms with van der Waals surface area (Å²) in [6.07, 6.45) is -1.62. The number of amides is 3. The van der Waals surface area contributed by atoms with Gasteiger partial charge in [-0.3, -0.25) is 14.4 Å². The van der Waals surface area contributed by atoms with Crippen LogP contribution in [0.25, 0.3) is 0 Å². The second-order valence-corrected chi connectivity index (χ2v) is 4.97. The predicted octanol–water partition coefficient (Wildman–Crippen LogP) is -2.57. The zero-order chi connectivity index (χ0) is 16.9. The largest absolute Gasteiger partial charge is 0.390 e. The number of rotatable bonds is 5. The number of aliphatic hydroxyl groups is 2. The van der Waals surface area contributed by atoms with Crippen molar-refractivity contribution < 1.29 is 24.6 Å². The van der Waals surface area contributed by atoms with Crippen LogP contribution >= 0.6 is 0 Å². The minimum absolute atomic E-state index is 0.0840. The van der Waals surface area contributed by atoms with E-state index in [0.29, 0.717) is 0 Å². The normalized spacial score (nSPS) is 25.4. The molecule has 0 aromatic rings. The summed E-state index contributed by atoms with van der Waals surface area (Å²) in [6.45, 7) is 1.23. The van der Waals surface area contributed by atoms with Crippen LogP contribution < -0.4 is 16.4 Å². The molecule has 0 bridgehead atoms. The van der Waals surface area contributed by atoms with E-state index in [4.69, 9.17) is 11.0 Å². The summed E-state index contributed by atoms with van der Waals surface area (Å²) < 4.78 is 0. The van der Waals surface area contributed by atoms with Crippen LogP contribution in [-0.2, 0) is 14.4 Å². The summed E-state index contributed by atoms with van der Waals surface area (Å²) >= 11 is 0. The molecule has 1 aliphatic rings. The maximum absolute atomic E-state index is 12.1. The molecule has 120 valence electrons. The molecule has 0 fully saturated rings. The van der Waals surface area contributed by atoms with Crippen molar-refractivity contribution >= 4 is 17.7 Å². The van der Waals surface area contributed by atoms with Gasteiger partial charge in [0.25, 0.3) is 0 Å². The Bertz CT molecular complexity index is 539. The second kappa shape index (κ2) is 7.53. The third-order valence-corrected chi connectivity index (χ3v) is 3.18. The molecule has 9 heteroatoms. The lowest BCUT2D eigenvalue weighted by atomic mass is 9.90. The lowest BCUT2D eigenvalue weighted by molar-refractivity contribution is -0.125. The van der Waals surface area contributed by atoms with Crippen molar-refractivity contribution in [2.24, 2.45) is 5.73 Å². The average Bonchev–Trinajstić information content (AvgIpc) is 2.42. The highest BCUT2D eigenvalue weighted by atomic mass is 16.3. The minimum Gasteiger partial charge on any atom is -0.390 e. The van der Waals surface area contributed by atoms with Gasteiger partial charge in [-0.2, -0.15) is 5.26 Å². The zero-order valence-electron chi connectivity index (χ0n) is 11.9. The van der Waals surface area contributed by atoms with E-state index >= 15 is 0 Å². The van der Waals surface area contributed by atoms with Gasteiger partial charge in [0.2, 0.25) is 17.7 Å². The monoisotopic (exact) mass is 310 g/mol. The number of aliphatic hydroxyl groups excluding tert-OH is 2. The van der Waals surface area contributed by atoms with Crippen LogP contribution in [-0.4, -0.2) is 52.2 Å². The van der Waals surface area contributed by atoms with Gasteiger partial charge in [-0.05, 0) is 0 Å². The number of carbonyl (C=O) groups excluding carboxylic acids is 3. The van der Waals surface area contributed by atoms with Gasteiger partial charge in [0.05, 0.1) is 24.6 Å². The molecule has 4 unspecified atom stereocenters. The Hall–Kier alpha value is -2.44. The van der Waals surface area contributed by atoms with Crippen LogP contribution in [0.4, 0.5) is 0 Å². The number of hydrogen-bond acceptors (Lipinski definition) is 6. The molecule has 0 aromatic carbocycles. The molecule has 0 heterocycles. The fraction of sp³-hybridized carbons (Fsp3) is 0.538. The molecule has 0 saturated carbocycles. The number of nitrogens with two attached hydrogens (primary N) is 1. The SMILES string of the molecule is CC(=O)NC1C=C(C(=O)NC(CC#N)C(N)=O)CC(O)C1O. The van der Waals surface area contributed by atoms with Gasteiger partial charge in [0.15, 0.2) is 0 Å². The average molecular weight is 310 g/mol. The van der Waals surface area contributed by atoms with Crippen molar-refractivity contribution in [1.82, 2.24) is 10.6 Å². The van der Waals surface area contributed by atoms with Crippen molar-refractivity contribution in [2.45, 2.75) is 44.1 Å². The van der Waals surface area contributed by atoms with E-state index in [-0.39, 0.29) is 18.4 Å². The Labute approximate surface area is 126 Å². The number of nitrogens with zero attached hydrogens (tertiary/aromatic N) is 1. The topological polar surface area (TPSA) is 166 Å². The summed E-state index contributed by atoms with van der Waals surface area (Å²) in [4.78, 5) is 34.3. The molecule has 0 saturated heterocycles. The van der Waals surface area contributed by atoms with E-state index in [9.17, 15) is 24.6 Å². The fourth-order valence-corrected chi connectivity index (χ4v) is 2.06. The summed E-state index contributed by atoms with van der Waals surface area (Å²) in [6, 6.07) is -0.350. The van der Waals surface area contributed by atoms with Crippen molar-refractivity contribution in [3.63, 3.8) is 0 Å². The Morgan fingerprint density at radius 1 is 1.50 bits per heavy atom. The lowest BCUT2D eigenvalue weighted by Crippen LogP contribution is -2.51. The molecule has 6 N–H and O–H groups in total. The standard InChI is InChI=1S/C13H18N4O5/c1-6(18)16-9-4-7(5-10(19)11(9)20)13(22)17-8(2-3-14)12(15)21/h4,8-11,19-20H,2,5H2,1H3,(H2,15,21)(H,16,18)(H,17,22).